The molecule has 0 N–H and O–H groups in total. The van der Waals surface area contributed by atoms with Crippen LogP contribution in [0.5, 0.6) is 17.4 Å². The summed E-state index contributed by atoms with van der Waals surface area (Å²) in [6, 6.07) is 21.6. The summed E-state index contributed by atoms with van der Waals surface area (Å²) in [6.45, 7) is 0.260. The van der Waals surface area contributed by atoms with Crippen molar-refractivity contribution in [2.75, 3.05) is 25.3 Å². The Kier molecular flexibility index (Phi) is 6.47. The molecule has 1 aromatic heterocycles. The number of ether oxygens (including phenoxy) is 3. The molecular formula is C27H22F3N3O4. The van der Waals surface area contributed by atoms with Gasteiger partial charge in [-0.25, -0.2) is 4.68 Å². The van der Waals surface area contributed by atoms with Crippen molar-refractivity contribution >= 4 is 11.6 Å². The summed E-state index contributed by atoms with van der Waals surface area (Å²) < 4.78 is 57.9. The van der Waals surface area contributed by atoms with E-state index in [2.05, 4.69) is 5.10 Å². The Labute approximate surface area is 210 Å². The van der Waals surface area contributed by atoms with Crippen LogP contribution in [0, 0.1) is 0 Å². The molecule has 3 aromatic carbocycles. The molecule has 0 radical (unpaired) electrons. The van der Waals surface area contributed by atoms with Crippen LogP contribution >= 0.6 is 0 Å². The van der Waals surface area contributed by atoms with E-state index in [4.69, 9.17) is 14.2 Å². The molecule has 0 spiro atoms. The van der Waals surface area contributed by atoms with E-state index < -0.39 is 11.9 Å². The van der Waals surface area contributed by atoms with Crippen LogP contribution in [-0.4, -0.2) is 36.1 Å². The van der Waals surface area contributed by atoms with Crippen molar-refractivity contribution in [1.29, 1.82) is 0 Å². The molecule has 190 valence electrons. The minimum atomic E-state index is -4.66. The van der Waals surface area contributed by atoms with Gasteiger partial charge in [-0.1, -0.05) is 36.4 Å². The van der Waals surface area contributed by atoms with E-state index in [1.165, 1.54) is 11.0 Å². The number of anilines is 1. The molecule has 0 fully saturated rings. The topological polar surface area (TPSA) is 65.8 Å². The first-order valence-electron chi connectivity index (χ1n) is 11.4. The molecule has 10 heteroatoms. The highest BCUT2D eigenvalue weighted by Crippen LogP contribution is 2.36. The number of aromatic nitrogens is 2. The summed E-state index contributed by atoms with van der Waals surface area (Å²) in [5, 5.41) is 3.73. The first kappa shape index (κ1) is 24.2. The van der Waals surface area contributed by atoms with Crippen molar-refractivity contribution < 1.29 is 32.2 Å². The Hall–Kier alpha value is -4.47. The minimum Gasteiger partial charge on any atom is -0.477 e. The molecule has 0 unspecified atom stereocenters. The highest BCUT2D eigenvalue weighted by Gasteiger charge is 2.35. The molecule has 0 atom stereocenters. The third kappa shape index (κ3) is 5.23. The summed E-state index contributed by atoms with van der Waals surface area (Å²) in [4.78, 5) is 14.6. The fraction of sp³-hybridized carbons (Fsp3) is 0.185. The van der Waals surface area contributed by atoms with Gasteiger partial charge in [0.15, 0.2) is 17.2 Å². The number of carbonyl (C=O) groups excluding carboxylic acids is 1. The summed E-state index contributed by atoms with van der Waals surface area (Å²) in [7, 11) is 1.60. The maximum Gasteiger partial charge on any atom is 0.435 e. The molecule has 37 heavy (non-hydrogen) atoms. The molecule has 1 amide bonds. The summed E-state index contributed by atoms with van der Waals surface area (Å²) in [5.41, 5.74) is 0.996. The van der Waals surface area contributed by atoms with Gasteiger partial charge in [-0.3, -0.25) is 4.79 Å². The lowest BCUT2D eigenvalue weighted by Crippen LogP contribution is -2.26. The SMILES string of the molecule is CN(C(=O)c1cccc(-n2nc(C(F)(F)F)cc2OCCc2ccccc2)c1)c1ccc2c(c1)OCO2. The van der Waals surface area contributed by atoms with E-state index in [0.29, 0.717) is 23.6 Å². The predicted octanol–water partition coefficient (Wildman–Crippen LogP) is 5.52. The van der Waals surface area contributed by atoms with Crippen LogP contribution in [0.2, 0.25) is 0 Å². The summed E-state index contributed by atoms with van der Waals surface area (Å²) in [5.74, 6) is 0.678. The van der Waals surface area contributed by atoms with Gasteiger partial charge in [0.1, 0.15) is 0 Å². The fourth-order valence-electron chi connectivity index (χ4n) is 3.88. The molecule has 0 bridgehead atoms. The van der Waals surface area contributed by atoms with Crippen molar-refractivity contribution in [2.45, 2.75) is 12.6 Å². The second-order valence-electron chi connectivity index (χ2n) is 8.31. The zero-order valence-corrected chi connectivity index (χ0v) is 19.7. The monoisotopic (exact) mass is 509 g/mol. The number of hydrogen-bond acceptors (Lipinski definition) is 5. The molecular weight excluding hydrogens is 487 g/mol. The smallest absolute Gasteiger partial charge is 0.435 e. The number of rotatable bonds is 7. The van der Waals surface area contributed by atoms with E-state index in [9.17, 15) is 18.0 Å². The van der Waals surface area contributed by atoms with E-state index in [1.54, 1.807) is 43.4 Å². The predicted molar refractivity (Wildman–Crippen MR) is 130 cm³/mol. The molecule has 1 aliphatic heterocycles. The third-order valence-corrected chi connectivity index (χ3v) is 5.84. The first-order chi connectivity index (χ1) is 17.8. The molecule has 5 rings (SSSR count). The molecule has 2 heterocycles. The summed E-state index contributed by atoms with van der Waals surface area (Å²) in [6.07, 6.45) is -4.15. The van der Waals surface area contributed by atoms with Crippen molar-refractivity contribution in [1.82, 2.24) is 9.78 Å². The minimum absolute atomic E-state index is 0.0722. The second-order valence-corrected chi connectivity index (χ2v) is 8.31. The van der Waals surface area contributed by atoms with Crippen LogP contribution in [0.4, 0.5) is 18.9 Å². The highest BCUT2D eigenvalue weighted by atomic mass is 19.4. The van der Waals surface area contributed by atoms with Crippen LogP contribution < -0.4 is 19.1 Å². The van der Waals surface area contributed by atoms with Crippen LogP contribution in [0.3, 0.4) is 0 Å². The normalized spacial score (nSPS) is 12.4. The van der Waals surface area contributed by atoms with Gasteiger partial charge in [0.25, 0.3) is 5.91 Å². The van der Waals surface area contributed by atoms with Crippen LogP contribution in [0.15, 0.2) is 78.9 Å². The van der Waals surface area contributed by atoms with Crippen molar-refractivity contribution in [3.63, 3.8) is 0 Å². The molecule has 0 saturated heterocycles. The zero-order valence-electron chi connectivity index (χ0n) is 19.7. The standard InChI is InChI=1S/C27H22F3N3O4/c1-32(20-10-11-22-23(15-20)37-17-36-22)26(34)19-8-5-9-21(14-19)33-25(16-24(31-33)27(28,29)30)35-13-12-18-6-3-2-4-7-18/h2-11,14-16H,12-13,17H2,1H3. The van der Waals surface area contributed by atoms with Crippen LogP contribution in [0.1, 0.15) is 21.6 Å². The Bertz CT molecular complexity index is 1420. The average Bonchev–Trinajstić information content (AvgIpc) is 3.55. The average molecular weight is 509 g/mol. The van der Waals surface area contributed by atoms with Gasteiger partial charge >= 0.3 is 6.18 Å². The fourth-order valence-corrected chi connectivity index (χ4v) is 3.88. The molecule has 7 nitrogen and oxygen atoms in total. The van der Waals surface area contributed by atoms with Crippen LogP contribution in [0.25, 0.3) is 5.69 Å². The first-order valence-corrected chi connectivity index (χ1v) is 11.4. The second kappa shape index (κ2) is 9.88. The Morgan fingerprint density at radius 2 is 1.78 bits per heavy atom. The number of carbonyl (C=O) groups is 1. The van der Waals surface area contributed by atoms with Crippen molar-refractivity contribution in [3.05, 3.63) is 95.7 Å². The number of benzene rings is 3. The van der Waals surface area contributed by atoms with Gasteiger partial charge in [-0.2, -0.15) is 18.3 Å². The Balaban J connectivity index is 1.40. The number of halogens is 3. The lowest BCUT2D eigenvalue weighted by molar-refractivity contribution is -0.141. The zero-order chi connectivity index (χ0) is 26.0. The van der Waals surface area contributed by atoms with E-state index in [-0.39, 0.29) is 36.4 Å². The van der Waals surface area contributed by atoms with E-state index in [1.807, 2.05) is 30.3 Å². The van der Waals surface area contributed by atoms with Crippen LogP contribution in [-0.2, 0) is 12.6 Å². The highest BCUT2D eigenvalue weighted by molar-refractivity contribution is 6.06. The van der Waals surface area contributed by atoms with Gasteiger partial charge in [0, 0.05) is 36.9 Å². The number of amides is 1. The molecule has 0 aliphatic carbocycles. The number of nitrogens with zero attached hydrogens (tertiary/aromatic N) is 3. The summed E-state index contributed by atoms with van der Waals surface area (Å²) >= 11 is 0. The number of hydrogen-bond donors (Lipinski definition) is 0. The number of fused-ring (bicyclic) bond motifs is 1. The number of alkyl halides is 3. The largest absolute Gasteiger partial charge is 0.477 e. The van der Waals surface area contributed by atoms with Crippen molar-refractivity contribution in [3.8, 4) is 23.1 Å². The lowest BCUT2D eigenvalue weighted by atomic mass is 10.1. The third-order valence-electron chi connectivity index (χ3n) is 5.84. The molecule has 1 aliphatic rings. The van der Waals surface area contributed by atoms with Gasteiger partial charge in [0.05, 0.1) is 12.3 Å². The van der Waals surface area contributed by atoms with Crippen molar-refractivity contribution in [2.24, 2.45) is 0 Å². The maximum absolute atomic E-state index is 13.5. The quantitative estimate of drug-likeness (QED) is 0.328. The van der Waals surface area contributed by atoms with E-state index >= 15 is 0 Å². The van der Waals surface area contributed by atoms with E-state index in [0.717, 1.165) is 16.3 Å². The maximum atomic E-state index is 13.5. The lowest BCUT2D eigenvalue weighted by Gasteiger charge is -2.18. The molecule has 4 aromatic rings. The van der Waals surface area contributed by atoms with Gasteiger partial charge < -0.3 is 19.1 Å². The van der Waals surface area contributed by atoms with Gasteiger partial charge in [0.2, 0.25) is 12.7 Å². The van der Waals surface area contributed by atoms with Gasteiger partial charge in [-0.15, -0.1) is 0 Å². The van der Waals surface area contributed by atoms with Gasteiger partial charge in [-0.05, 0) is 35.9 Å². The Morgan fingerprint density at radius 3 is 2.57 bits per heavy atom. The Morgan fingerprint density at radius 1 is 1.00 bits per heavy atom. The molecule has 0 saturated carbocycles.